The van der Waals surface area contributed by atoms with E-state index in [2.05, 4.69) is 15.5 Å². The van der Waals surface area contributed by atoms with Gasteiger partial charge in [-0.2, -0.15) is 0 Å². The van der Waals surface area contributed by atoms with Crippen molar-refractivity contribution in [1.29, 1.82) is 0 Å². The fourth-order valence-electron chi connectivity index (χ4n) is 1.56. The Morgan fingerprint density at radius 3 is 2.83 bits per heavy atom. The Balaban J connectivity index is 2.13. The van der Waals surface area contributed by atoms with Crippen LogP contribution in [0.25, 0.3) is 0 Å². The molecule has 0 bridgehead atoms. The van der Waals surface area contributed by atoms with Crippen molar-refractivity contribution in [2.24, 2.45) is 0 Å². The zero-order valence-electron chi connectivity index (χ0n) is 6.97. The first kappa shape index (κ1) is 7.70. The first-order chi connectivity index (χ1) is 5.92. The van der Waals surface area contributed by atoms with Gasteiger partial charge in [0.15, 0.2) is 0 Å². The standard InChI is InChI=1S/C7H12N4O/c1-12-7-3-8-2-6(7)11-4-9-10-5-11/h4-8H,2-3H2,1H3. The zero-order valence-corrected chi connectivity index (χ0v) is 6.97. The van der Waals surface area contributed by atoms with Gasteiger partial charge < -0.3 is 14.6 Å². The highest BCUT2D eigenvalue weighted by Crippen LogP contribution is 2.16. The van der Waals surface area contributed by atoms with Crippen LogP contribution in [-0.4, -0.2) is 41.1 Å². The molecule has 2 heterocycles. The minimum atomic E-state index is 0.237. The third kappa shape index (κ3) is 1.21. The lowest BCUT2D eigenvalue weighted by Gasteiger charge is -2.16. The van der Waals surface area contributed by atoms with Gasteiger partial charge in [0.25, 0.3) is 0 Å². The molecule has 2 atom stereocenters. The summed E-state index contributed by atoms with van der Waals surface area (Å²) in [6, 6.07) is 0.338. The van der Waals surface area contributed by atoms with Gasteiger partial charge in [0.05, 0.1) is 12.1 Å². The van der Waals surface area contributed by atoms with Crippen LogP contribution < -0.4 is 5.32 Å². The molecule has 12 heavy (non-hydrogen) atoms. The second-order valence-corrected chi connectivity index (χ2v) is 2.91. The van der Waals surface area contributed by atoms with E-state index in [1.807, 2.05) is 4.57 Å². The van der Waals surface area contributed by atoms with Crippen molar-refractivity contribution < 1.29 is 4.74 Å². The summed E-state index contributed by atoms with van der Waals surface area (Å²) < 4.78 is 7.29. The molecule has 0 aliphatic carbocycles. The molecule has 1 aromatic heterocycles. The van der Waals surface area contributed by atoms with Crippen LogP contribution in [0.4, 0.5) is 0 Å². The number of ether oxygens (including phenoxy) is 1. The minimum absolute atomic E-state index is 0.237. The fraction of sp³-hybridized carbons (Fsp3) is 0.714. The van der Waals surface area contributed by atoms with Crippen LogP contribution in [0.15, 0.2) is 12.7 Å². The number of nitrogens with one attached hydrogen (secondary N) is 1. The second-order valence-electron chi connectivity index (χ2n) is 2.91. The van der Waals surface area contributed by atoms with Crippen molar-refractivity contribution in [3.05, 3.63) is 12.7 Å². The third-order valence-electron chi connectivity index (χ3n) is 2.25. The largest absolute Gasteiger partial charge is 0.378 e. The molecular formula is C7H12N4O. The van der Waals surface area contributed by atoms with Crippen molar-refractivity contribution in [3.8, 4) is 0 Å². The molecule has 5 heteroatoms. The lowest BCUT2D eigenvalue weighted by atomic mass is 10.2. The highest BCUT2D eigenvalue weighted by molar-refractivity contribution is 4.88. The third-order valence-corrected chi connectivity index (χ3v) is 2.25. The van der Waals surface area contributed by atoms with E-state index < -0.39 is 0 Å². The van der Waals surface area contributed by atoms with Crippen molar-refractivity contribution in [1.82, 2.24) is 20.1 Å². The monoisotopic (exact) mass is 168 g/mol. The smallest absolute Gasteiger partial charge is 0.119 e. The molecule has 1 fully saturated rings. The predicted octanol–water partition coefficient (Wildman–Crippen LogP) is -0.563. The lowest BCUT2D eigenvalue weighted by Crippen LogP contribution is -2.23. The zero-order chi connectivity index (χ0) is 8.39. The SMILES string of the molecule is COC1CNCC1n1cnnc1. The van der Waals surface area contributed by atoms with Crippen LogP contribution in [0.3, 0.4) is 0 Å². The molecule has 0 radical (unpaired) electrons. The normalized spacial score (nSPS) is 29.4. The highest BCUT2D eigenvalue weighted by atomic mass is 16.5. The molecule has 2 unspecified atom stereocenters. The van der Waals surface area contributed by atoms with Crippen LogP contribution in [0.2, 0.25) is 0 Å². The molecule has 2 rings (SSSR count). The lowest BCUT2D eigenvalue weighted by molar-refractivity contribution is 0.0864. The number of aromatic nitrogens is 3. The predicted molar refractivity (Wildman–Crippen MR) is 42.7 cm³/mol. The van der Waals surface area contributed by atoms with Crippen molar-refractivity contribution in [2.75, 3.05) is 20.2 Å². The van der Waals surface area contributed by atoms with Gasteiger partial charge in [0.1, 0.15) is 12.7 Å². The number of nitrogens with zero attached hydrogens (tertiary/aromatic N) is 3. The van der Waals surface area contributed by atoms with Gasteiger partial charge in [-0.15, -0.1) is 10.2 Å². The van der Waals surface area contributed by atoms with Crippen molar-refractivity contribution >= 4 is 0 Å². The Bertz CT molecular complexity index is 236. The molecule has 1 aliphatic rings. The van der Waals surface area contributed by atoms with Gasteiger partial charge in [-0.25, -0.2) is 0 Å². The van der Waals surface area contributed by atoms with E-state index in [9.17, 15) is 0 Å². The maximum atomic E-state index is 5.31. The quantitative estimate of drug-likeness (QED) is 0.643. The van der Waals surface area contributed by atoms with Gasteiger partial charge in [-0.1, -0.05) is 0 Å². The first-order valence-electron chi connectivity index (χ1n) is 3.99. The van der Waals surface area contributed by atoms with E-state index in [1.54, 1.807) is 19.8 Å². The highest BCUT2D eigenvalue weighted by Gasteiger charge is 2.27. The minimum Gasteiger partial charge on any atom is -0.378 e. The van der Waals surface area contributed by atoms with Gasteiger partial charge >= 0.3 is 0 Å². The van der Waals surface area contributed by atoms with Crippen LogP contribution in [0, 0.1) is 0 Å². The van der Waals surface area contributed by atoms with Gasteiger partial charge in [0, 0.05) is 20.2 Å². The maximum absolute atomic E-state index is 5.31. The van der Waals surface area contributed by atoms with Crippen LogP contribution in [-0.2, 0) is 4.74 Å². The molecule has 1 aliphatic heterocycles. The molecule has 5 nitrogen and oxygen atoms in total. The van der Waals surface area contributed by atoms with E-state index >= 15 is 0 Å². The van der Waals surface area contributed by atoms with Crippen LogP contribution in [0.1, 0.15) is 6.04 Å². The molecule has 0 saturated carbocycles. The molecular weight excluding hydrogens is 156 g/mol. The Kier molecular flexibility index (Phi) is 2.05. The molecule has 1 N–H and O–H groups in total. The number of hydrogen-bond acceptors (Lipinski definition) is 4. The van der Waals surface area contributed by atoms with E-state index in [-0.39, 0.29) is 6.10 Å². The summed E-state index contributed by atoms with van der Waals surface area (Å²) in [5, 5.41) is 10.8. The van der Waals surface area contributed by atoms with Crippen LogP contribution in [0.5, 0.6) is 0 Å². The van der Waals surface area contributed by atoms with E-state index in [1.165, 1.54) is 0 Å². The Morgan fingerprint density at radius 2 is 2.17 bits per heavy atom. The Hall–Kier alpha value is -0.940. The average molecular weight is 168 g/mol. The topological polar surface area (TPSA) is 52.0 Å². The van der Waals surface area contributed by atoms with Crippen LogP contribution >= 0.6 is 0 Å². The maximum Gasteiger partial charge on any atom is 0.119 e. The molecule has 1 saturated heterocycles. The summed E-state index contributed by atoms with van der Waals surface area (Å²) in [5.41, 5.74) is 0. The summed E-state index contributed by atoms with van der Waals surface area (Å²) >= 11 is 0. The summed E-state index contributed by atoms with van der Waals surface area (Å²) in [5.74, 6) is 0. The van der Waals surface area contributed by atoms with Gasteiger partial charge in [0.2, 0.25) is 0 Å². The number of methoxy groups -OCH3 is 1. The molecule has 0 spiro atoms. The van der Waals surface area contributed by atoms with Crippen molar-refractivity contribution in [2.45, 2.75) is 12.1 Å². The summed E-state index contributed by atoms with van der Waals surface area (Å²) in [4.78, 5) is 0. The number of rotatable bonds is 2. The molecule has 66 valence electrons. The molecule has 1 aromatic rings. The first-order valence-corrected chi connectivity index (χ1v) is 3.99. The average Bonchev–Trinajstić information content (AvgIpc) is 2.74. The summed E-state index contributed by atoms with van der Waals surface area (Å²) in [6.07, 6.45) is 3.69. The fourth-order valence-corrected chi connectivity index (χ4v) is 1.56. The Labute approximate surface area is 70.7 Å². The van der Waals surface area contributed by atoms with Gasteiger partial charge in [-0.05, 0) is 0 Å². The van der Waals surface area contributed by atoms with E-state index in [0.29, 0.717) is 6.04 Å². The van der Waals surface area contributed by atoms with E-state index in [0.717, 1.165) is 13.1 Å². The molecule has 0 amide bonds. The van der Waals surface area contributed by atoms with Crippen molar-refractivity contribution in [3.63, 3.8) is 0 Å². The van der Waals surface area contributed by atoms with E-state index in [4.69, 9.17) is 4.74 Å². The van der Waals surface area contributed by atoms with Gasteiger partial charge in [-0.3, -0.25) is 0 Å². The number of hydrogen-bond donors (Lipinski definition) is 1. The summed E-state index contributed by atoms with van der Waals surface area (Å²) in [6.45, 7) is 1.83. The Morgan fingerprint density at radius 1 is 1.42 bits per heavy atom. The molecule has 0 aromatic carbocycles. The summed E-state index contributed by atoms with van der Waals surface area (Å²) in [7, 11) is 1.73. The second kappa shape index (κ2) is 3.20.